The highest BCUT2D eigenvalue weighted by molar-refractivity contribution is 5.80. The predicted molar refractivity (Wildman–Crippen MR) is 86.0 cm³/mol. The van der Waals surface area contributed by atoms with Crippen LogP contribution < -0.4 is 5.32 Å². The van der Waals surface area contributed by atoms with Crippen molar-refractivity contribution in [3.8, 4) is 0 Å². The Bertz CT molecular complexity index is 496. The lowest BCUT2D eigenvalue weighted by molar-refractivity contribution is 0.266. The second kappa shape index (κ2) is 8.11. The van der Waals surface area contributed by atoms with E-state index in [1.165, 1.54) is 24.6 Å². The Labute approximate surface area is 131 Å². The molecule has 0 bridgehead atoms. The number of guanidine groups is 1. The van der Waals surface area contributed by atoms with Crippen LogP contribution in [0.3, 0.4) is 0 Å². The van der Waals surface area contributed by atoms with Gasteiger partial charge in [-0.1, -0.05) is 13.0 Å². The van der Waals surface area contributed by atoms with Gasteiger partial charge < -0.3 is 10.2 Å². The molecule has 0 radical (unpaired) electrons. The monoisotopic (exact) mass is 309 g/mol. The van der Waals surface area contributed by atoms with E-state index in [9.17, 15) is 8.78 Å². The van der Waals surface area contributed by atoms with Crippen LogP contribution in [0.25, 0.3) is 0 Å². The molecule has 122 valence electrons. The molecular formula is C17H25F2N3. The molecule has 0 saturated carbocycles. The molecule has 0 spiro atoms. The minimum atomic E-state index is -0.494. The molecule has 0 aliphatic carbocycles. The van der Waals surface area contributed by atoms with Crippen molar-refractivity contribution in [2.24, 2.45) is 10.9 Å². The fraction of sp³-hybridized carbons (Fsp3) is 0.588. The van der Waals surface area contributed by atoms with Gasteiger partial charge in [0.05, 0.1) is 0 Å². The first-order valence-electron chi connectivity index (χ1n) is 8.08. The number of rotatable bonds is 4. The quantitative estimate of drug-likeness (QED) is 0.683. The molecule has 1 N–H and O–H groups in total. The zero-order valence-electron chi connectivity index (χ0n) is 13.4. The number of nitrogens with zero attached hydrogens (tertiary/aromatic N) is 2. The van der Waals surface area contributed by atoms with Crippen molar-refractivity contribution in [2.45, 2.75) is 33.1 Å². The molecule has 3 nitrogen and oxygen atoms in total. The Kier molecular flexibility index (Phi) is 6.16. The van der Waals surface area contributed by atoms with E-state index in [0.717, 1.165) is 32.0 Å². The topological polar surface area (TPSA) is 27.6 Å². The number of hydrogen-bond donors (Lipinski definition) is 1. The second-order valence-electron chi connectivity index (χ2n) is 5.88. The predicted octanol–water partition coefficient (Wildman–Crippen LogP) is 3.20. The summed E-state index contributed by atoms with van der Waals surface area (Å²) in [5.41, 5.74) is 0.120. The van der Waals surface area contributed by atoms with Crippen molar-refractivity contribution < 1.29 is 8.78 Å². The van der Waals surface area contributed by atoms with Crippen molar-refractivity contribution >= 4 is 5.96 Å². The van der Waals surface area contributed by atoms with Crippen LogP contribution in [-0.2, 0) is 6.42 Å². The lowest BCUT2D eigenvalue weighted by atomic mass is 10.0. The third-order valence-electron chi connectivity index (χ3n) is 3.98. The zero-order chi connectivity index (χ0) is 15.9. The fourth-order valence-electron chi connectivity index (χ4n) is 2.85. The van der Waals surface area contributed by atoms with Gasteiger partial charge >= 0.3 is 0 Å². The third kappa shape index (κ3) is 4.42. The highest BCUT2D eigenvalue weighted by Crippen LogP contribution is 2.16. The van der Waals surface area contributed by atoms with Crippen LogP contribution in [0.2, 0.25) is 0 Å². The first-order chi connectivity index (χ1) is 10.6. The molecule has 1 aliphatic heterocycles. The van der Waals surface area contributed by atoms with Gasteiger partial charge in [-0.05, 0) is 44.2 Å². The van der Waals surface area contributed by atoms with E-state index in [4.69, 9.17) is 0 Å². The molecule has 2 rings (SSSR count). The zero-order valence-corrected chi connectivity index (χ0v) is 13.4. The summed E-state index contributed by atoms with van der Waals surface area (Å²) in [5, 5.41) is 3.28. The largest absolute Gasteiger partial charge is 0.357 e. The van der Waals surface area contributed by atoms with Gasteiger partial charge in [0.25, 0.3) is 0 Å². The lowest BCUT2D eigenvalue weighted by Crippen LogP contribution is -2.46. The summed E-state index contributed by atoms with van der Waals surface area (Å²) in [6, 6.07) is 3.97. The molecule has 1 fully saturated rings. The van der Waals surface area contributed by atoms with E-state index in [1.807, 2.05) is 6.92 Å². The van der Waals surface area contributed by atoms with Crippen LogP contribution >= 0.6 is 0 Å². The maximum atomic E-state index is 13.6. The van der Waals surface area contributed by atoms with E-state index < -0.39 is 11.6 Å². The van der Waals surface area contributed by atoms with Crippen molar-refractivity contribution in [1.29, 1.82) is 0 Å². The van der Waals surface area contributed by atoms with Crippen LogP contribution in [0.15, 0.2) is 23.2 Å². The van der Waals surface area contributed by atoms with Gasteiger partial charge in [0.1, 0.15) is 11.6 Å². The van der Waals surface area contributed by atoms with Crippen LogP contribution in [0.5, 0.6) is 0 Å². The molecule has 0 amide bonds. The molecule has 1 aromatic carbocycles. The SMILES string of the molecule is CCNC(=NCCc1c(F)cccc1F)N1CCCC(C)C1. The highest BCUT2D eigenvalue weighted by atomic mass is 19.1. The Morgan fingerprint density at radius 1 is 1.36 bits per heavy atom. The van der Waals surface area contributed by atoms with Gasteiger partial charge in [0, 0.05) is 31.7 Å². The van der Waals surface area contributed by atoms with Crippen molar-refractivity contribution in [2.75, 3.05) is 26.2 Å². The normalized spacial score (nSPS) is 19.4. The number of halogens is 2. The maximum absolute atomic E-state index is 13.6. The first-order valence-corrected chi connectivity index (χ1v) is 8.08. The molecular weight excluding hydrogens is 284 g/mol. The fourth-order valence-corrected chi connectivity index (χ4v) is 2.85. The van der Waals surface area contributed by atoms with E-state index in [1.54, 1.807) is 0 Å². The summed E-state index contributed by atoms with van der Waals surface area (Å²) >= 11 is 0. The van der Waals surface area contributed by atoms with Crippen LogP contribution in [0.1, 0.15) is 32.3 Å². The molecule has 0 aromatic heterocycles. The highest BCUT2D eigenvalue weighted by Gasteiger charge is 2.19. The number of hydrogen-bond acceptors (Lipinski definition) is 1. The lowest BCUT2D eigenvalue weighted by Gasteiger charge is -2.33. The van der Waals surface area contributed by atoms with Crippen LogP contribution in [0.4, 0.5) is 8.78 Å². The van der Waals surface area contributed by atoms with E-state index in [-0.39, 0.29) is 12.0 Å². The Morgan fingerprint density at radius 2 is 2.09 bits per heavy atom. The molecule has 5 heteroatoms. The molecule has 1 heterocycles. The molecule has 1 atom stereocenters. The maximum Gasteiger partial charge on any atom is 0.193 e. The molecule has 22 heavy (non-hydrogen) atoms. The summed E-state index contributed by atoms with van der Waals surface area (Å²) in [6.07, 6.45) is 2.68. The summed E-state index contributed by atoms with van der Waals surface area (Å²) in [7, 11) is 0. The molecule has 1 unspecified atom stereocenters. The number of nitrogens with one attached hydrogen (secondary N) is 1. The number of aliphatic imine (C=N–C) groups is 1. The molecule has 1 saturated heterocycles. The van der Waals surface area contributed by atoms with E-state index in [2.05, 4.69) is 22.1 Å². The summed E-state index contributed by atoms with van der Waals surface area (Å²) in [5.74, 6) is 0.519. The van der Waals surface area contributed by atoms with Crippen LogP contribution in [0, 0.1) is 17.6 Å². The standard InChI is InChI=1S/C17H25F2N3/c1-3-20-17(22-11-5-6-13(2)12-22)21-10-9-14-15(18)7-4-8-16(14)19/h4,7-8,13H,3,5-6,9-12H2,1-2H3,(H,20,21). The number of piperidine rings is 1. The second-order valence-corrected chi connectivity index (χ2v) is 5.88. The van der Waals surface area contributed by atoms with Crippen molar-refractivity contribution in [3.05, 3.63) is 35.4 Å². The van der Waals surface area contributed by atoms with E-state index in [0.29, 0.717) is 12.5 Å². The number of benzene rings is 1. The smallest absolute Gasteiger partial charge is 0.193 e. The van der Waals surface area contributed by atoms with E-state index >= 15 is 0 Å². The average molecular weight is 309 g/mol. The third-order valence-corrected chi connectivity index (χ3v) is 3.98. The summed E-state index contributed by atoms with van der Waals surface area (Å²) in [6.45, 7) is 7.41. The van der Waals surface area contributed by atoms with Gasteiger partial charge in [-0.2, -0.15) is 0 Å². The average Bonchev–Trinajstić information content (AvgIpc) is 2.49. The van der Waals surface area contributed by atoms with Crippen molar-refractivity contribution in [1.82, 2.24) is 10.2 Å². The van der Waals surface area contributed by atoms with Gasteiger partial charge in [0.15, 0.2) is 5.96 Å². The Morgan fingerprint density at radius 3 is 2.73 bits per heavy atom. The van der Waals surface area contributed by atoms with Gasteiger partial charge in [-0.3, -0.25) is 4.99 Å². The first kappa shape index (κ1) is 16.7. The Balaban J connectivity index is 2.01. The number of likely N-dealkylation sites (tertiary alicyclic amines) is 1. The minimum absolute atomic E-state index is 0.120. The van der Waals surface area contributed by atoms with Crippen LogP contribution in [-0.4, -0.2) is 37.0 Å². The Hall–Kier alpha value is -1.65. The molecule has 1 aromatic rings. The van der Waals surface area contributed by atoms with Crippen molar-refractivity contribution in [3.63, 3.8) is 0 Å². The summed E-state index contributed by atoms with van der Waals surface area (Å²) < 4.78 is 27.2. The van der Waals surface area contributed by atoms with Gasteiger partial charge in [0.2, 0.25) is 0 Å². The molecule has 1 aliphatic rings. The minimum Gasteiger partial charge on any atom is -0.357 e. The van der Waals surface area contributed by atoms with Gasteiger partial charge in [-0.25, -0.2) is 8.78 Å². The summed E-state index contributed by atoms with van der Waals surface area (Å²) in [4.78, 5) is 6.79. The van der Waals surface area contributed by atoms with Gasteiger partial charge in [-0.15, -0.1) is 0 Å².